The lowest BCUT2D eigenvalue weighted by molar-refractivity contribution is 0.102. The predicted octanol–water partition coefficient (Wildman–Crippen LogP) is 2.49. The number of rotatable bonds is 8. The summed E-state index contributed by atoms with van der Waals surface area (Å²) in [6.45, 7) is 4.74. The molecule has 0 radical (unpaired) electrons. The van der Waals surface area contributed by atoms with E-state index in [1.54, 1.807) is 48.8 Å². The van der Waals surface area contributed by atoms with Gasteiger partial charge in [0.05, 0.1) is 0 Å². The molecule has 0 aliphatic heterocycles. The van der Waals surface area contributed by atoms with Gasteiger partial charge in [-0.25, -0.2) is 0 Å². The molecular weight excluding hydrogens is 342 g/mol. The molecule has 6 nitrogen and oxygen atoms in total. The topological polar surface area (TPSA) is 83.5 Å². The minimum absolute atomic E-state index is 0. The predicted molar refractivity (Wildman–Crippen MR) is 101 cm³/mol. The molecule has 7 heteroatoms. The Morgan fingerprint density at radius 3 is 2.40 bits per heavy atom. The van der Waals surface area contributed by atoms with E-state index in [2.05, 4.69) is 15.6 Å². The molecule has 2 rings (SSSR count). The Morgan fingerprint density at radius 2 is 1.80 bits per heavy atom. The number of nitrogens with zero attached hydrogens (tertiary/aromatic N) is 1. The second-order valence-corrected chi connectivity index (χ2v) is 5.74. The van der Waals surface area contributed by atoms with Crippen LogP contribution in [0, 0.1) is 0 Å². The SMILES string of the molecule is CC(C)NCC(O)COc1ccc(NC(=O)c2ccncc2)cc1.Cl. The van der Waals surface area contributed by atoms with Crippen molar-refractivity contribution < 1.29 is 14.6 Å². The summed E-state index contributed by atoms with van der Waals surface area (Å²) < 4.78 is 5.53. The third-order valence-electron chi connectivity index (χ3n) is 3.26. The normalized spacial score (nSPS) is 11.5. The van der Waals surface area contributed by atoms with E-state index in [1.165, 1.54) is 0 Å². The number of hydrogen-bond acceptors (Lipinski definition) is 5. The summed E-state index contributed by atoms with van der Waals surface area (Å²) in [7, 11) is 0. The molecule has 2 aromatic rings. The largest absolute Gasteiger partial charge is 0.491 e. The summed E-state index contributed by atoms with van der Waals surface area (Å²) in [6.07, 6.45) is 2.58. The Morgan fingerprint density at radius 1 is 1.16 bits per heavy atom. The Bertz CT molecular complexity index is 636. The summed E-state index contributed by atoms with van der Waals surface area (Å²) in [5.41, 5.74) is 1.22. The summed E-state index contributed by atoms with van der Waals surface area (Å²) >= 11 is 0. The first-order valence-electron chi connectivity index (χ1n) is 7.90. The number of benzene rings is 1. The fourth-order valence-corrected chi connectivity index (χ4v) is 1.96. The molecule has 1 unspecified atom stereocenters. The van der Waals surface area contributed by atoms with Gasteiger partial charge in [0, 0.05) is 36.2 Å². The zero-order valence-corrected chi connectivity index (χ0v) is 15.1. The second-order valence-electron chi connectivity index (χ2n) is 5.74. The Hall–Kier alpha value is -2.15. The van der Waals surface area contributed by atoms with Crippen LogP contribution >= 0.6 is 12.4 Å². The van der Waals surface area contributed by atoms with Crippen molar-refractivity contribution in [3.05, 3.63) is 54.4 Å². The molecule has 0 bridgehead atoms. The van der Waals surface area contributed by atoms with Crippen molar-refractivity contribution in [2.45, 2.75) is 26.0 Å². The first-order chi connectivity index (χ1) is 11.5. The maximum Gasteiger partial charge on any atom is 0.255 e. The van der Waals surface area contributed by atoms with Crippen LogP contribution in [0.25, 0.3) is 0 Å². The number of amides is 1. The van der Waals surface area contributed by atoms with Crippen LogP contribution in [-0.4, -0.2) is 41.3 Å². The van der Waals surface area contributed by atoms with Gasteiger partial charge in [0.15, 0.2) is 0 Å². The maximum atomic E-state index is 12.0. The Kier molecular flexibility index (Phi) is 8.91. The zero-order valence-electron chi connectivity index (χ0n) is 14.3. The van der Waals surface area contributed by atoms with Crippen molar-refractivity contribution in [1.82, 2.24) is 10.3 Å². The highest BCUT2D eigenvalue weighted by Crippen LogP contribution is 2.16. The van der Waals surface area contributed by atoms with Crippen LogP contribution in [0.2, 0.25) is 0 Å². The number of aliphatic hydroxyl groups excluding tert-OH is 1. The van der Waals surface area contributed by atoms with Crippen LogP contribution in [0.5, 0.6) is 5.75 Å². The van der Waals surface area contributed by atoms with Crippen LogP contribution < -0.4 is 15.4 Å². The van der Waals surface area contributed by atoms with Crippen LogP contribution in [0.1, 0.15) is 24.2 Å². The van der Waals surface area contributed by atoms with E-state index in [0.29, 0.717) is 29.6 Å². The molecule has 1 amide bonds. The van der Waals surface area contributed by atoms with Gasteiger partial charge in [0.1, 0.15) is 18.5 Å². The van der Waals surface area contributed by atoms with Crippen molar-refractivity contribution in [3.63, 3.8) is 0 Å². The Balaban J connectivity index is 0.00000312. The lowest BCUT2D eigenvalue weighted by Crippen LogP contribution is -2.35. The van der Waals surface area contributed by atoms with E-state index >= 15 is 0 Å². The minimum atomic E-state index is -0.571. The highest BCUT2D eigenvalue weighted by molar-refractivity contribution is 6.04. The summed E-state index contributed by atoms with van der Waals surface area (Å²) in [5, 5.41) is 15.8. The second kappa shape index (κ2) is 10.7. The van der Waals surface area contributed by atoms with Gasteiger partial charge in [-0.2, -0.15) is 0 Å². The van der Waals surface area contributed by atoms with Crippen molar-refractivity contribution in [3.8, 4) is 5.75 Å². The fraction of sp³-hybridized carbons (Fsp3) is 0.333. The number of hydrogen-bond donors (Lipinski definition) is 3. The molecule has 1 heterocycles. The molecule has 3 N–H and O–H groups in total. The van der Waals surface area contributed by atoms with Crippen molar-refractivity contribution in [1.29, 1.82) is 0 Å². The first kappa shape index (κ1) is 20.9. The third kappa shape index (κ3) is 7.51. The molecule has 1 aromatic heterocycles. The third-order valence-corrected chi connectivity index (χ3v) is 3.26. The van der Waals surface area contributed by atoms with E-state index in [0.717, 1.165) is 0 Å². The number of nitrogens with one attached hydrogen (secondary N) is 2. The van der Waals surface area contributed by atoms with Crippen molar-refractivity contribution in [2.24, 2.45) is 0 Å². The van der Waals surface area contributed by atoms with E-state index in [-0.39, 0.29) is 24.9 Å². The van der Waals surface area contributed by atoms with Gasteiger partial charge in [-0.15, -0.1) is 12.4 Å². The van der Waals surface area contributed by atoms with Gasteiger partial charge < -0.3 is 20.5 Å². The van der Waals surface area contributed by atoms with Crippen LogP contribution in [0.15, 0.2) is 48.8 Å². The van der Waals surface area contributed by atoms with Gasteiger partial charge in [-0.05, 0) is 36.4 Å². The average Bonchev–Trinajstić information content (AvgIpc) is 2.60. The summed E-state index contributed by atoms with van der Waals surface area (Å²) in [6, 6.07) is 10.7. The molecule has 0 aliphatic carbocycles. The molecule has 0 saturated heterocycles. The Labute approximate surface area is 154 Å². The van der Waals surface area contributed by atoms with Gasteiger partial charge in [-0.3, -0.25) is 9.78 Å². The molecule has 1 aromatic carbocycles. The van der Waals surface area contributed by atoms with Gasteiger partial charge in [0.2, 0.25) is 0 Å². The van der Waals surface area contributed by atoms with Gasteiger partial charge in [-0.1, -0.05) is 13.8 Å². The fourth-order valence-electron chi connectivity index (χ4n) is 1.96. The number of aliphatic hydroxyl groups is 1. The number of pyridine rings is 1. The monoisotopic (exact) mass is 365 g/mol. The van der Waals surface area contributed by atoms with Crippen LogP contribution in [0.4, 0.5) is 5.69 Å². The van der Waals surface area contributed by atoms with Gasteiger partial charge >= 0.3 is 0 Å². The highest BCUT2D eigenvalue weighted by Gasteiger charge is 2.07. The molecule has 0 spiro atoms. The number of carbonyl (C=O) groups is 1. The molecule has 0 fully saturated rings. The molecule has 25 heavy (non-hydrogen) atoms. The van der Waals surface area contributed by atoms with E-state index in [1.807, 2.05) is 13.8 Å². The van der Waals surface area contributed by atoms with E-state index < -0.39 is 6.10 Å². The molecule has 1 atom stereocenters. The standard InChI is InChI=1S/C18H23N3O3.ClH/c1-13(2)20-11-16(22)12-24-17-5-3-15(4-6-17)21-18(23)14-7-9-19-10-8-14;/h3-10,13,16,20,22H,11-12H2,1-2H3,(H,21,23);1H. The average molecular weight is 366 g/mol. The zero-order chi connectivity index (χ0) is 17.4. The molecule has 0 saturated carbocycles. The quantitative estimate of drug-likeness (QED) is 0.669. The number of anilines is 1. The molecular formula is C18H24ClN3O3. The van der Waals surface area contributed by atoms with Crippen molar-refractivity contribution in [2.75, 3.05) is 18.5 Å². The first-order valence-corrected chi connectivity index (χ1v) is 7.90. The number of halogens is 1. The van der Waals surface area contributed by atoms with Crippen LogP contribution in [-0.2, 0) is 0 Å². The van der Waals surface area contributed by atoms with Gasteiger partial charge in [0.25, 0.3) is 5.91 Å². The lowest BCUT2D eigenvalue weighted by Gasteiger charge is -2.15. The lowest BCUT2D eigenvalue weighted by atomic mass is 10.2. The summed E-state index contributed by atoms with van der Waals surface area (Å²) in [5.74, 6) is 0.446. The van der Waals surface area contributed by atoms with Crippen molar-refractivity contribution >= 4 is 24.0 Å². The van der Waals surface area contributed by atoms with E-state index in [9.17, 15) is 9.90 Å². The minimum Gasteiger partial charge on any atom is -0.491 e. The summed E-state index contributed by atoms with van der Waals surface area (Å²) in [4.78, 5) is 15.9. The number of carbonyl (C=O) groups excluding carboxylic acids is 1. The number of aromatic nitrogens is 1. The van der Waals surface area contributed by atoms with Crippen LogP contribution in [0.3, 0.4) is 0 Å². The van der Waals surface area contributed by atoms with E-state index in [4.69, 9.17) is 4.74 Å². The number of ether oxygens (including phenoxy) is 1. The smallest absolute Gasteiger partial charge is 0.255 e. The maximum absolute atomic E-state index is 12.0. The highest BCUT2D eigenvalue weighted by atomic mass is 35.5. The molecule has 136 valence electrons. The molecule has 0 aliphatic rings.